The third-order valence-corrected chi connectivity index (χ3v) is 7.73. The molecule has 2 aromatic carbocycles. The lowest BCUT2D eigenvalue weighted by Crippen LogP contribution is -2.43. The van der Waals surface area contributed by atoms with Crippen LogP contribution in [0.2, 0.25) is 0 Å². The standard InChI is InChI=1S/C24H32N4O3S.C2HF3O2/c1-2-11-26-24(29)20-8-10-23(28-14-12-25-13-15-28)22(17-20)27-32(30,31)21-9-7-18-5-3-4-6-19(18)16-21;3-2(4,5)1(6)7/h7-10,16-17,25,27H,2-6,11-15H2,1H3,(H,26,29);(H,6,7). The summed E-state index contributed by atoms with van der Waals surface area (Å²) in [4.78, 5) is 23.8. The maximum absolute atomic E-state index is 13.3. The molecule has 0 unspecified atom stereocenters. The number of carboxylic acids is 1. The van der Waals surface area contributed by atoms with Crippen LogP contribution in [0.3, 0.4) is 0 Å². The molecule has 2 aromatic rings. The van der Waals surface area contributed by atoms with Crippen LogP contribution < -0.4 is 20.3 Å². The summed E-state index contributed by atoms with van der Waals surface area (Å²) < 4.78 is 61.2. The zero-order chi connectivity index (χ0) is 28.6. The second kappa shape index (κ2) is 13.2. The summed E-state index contributed by atoms with van der Waals surface area (Å²) in [5.41, 5.74) is 4.04. The number of hydrogen-bond donors (Lipinski definition) is 4. The van der Waals surface area contributed by atoms with Crippen LogP contribution in [0, 0.1) is 0 Å². The fraction of sp³-hybridized carbons (Fsp3) is 0.462. The van der Waals surface area contributed by atoms with Gasteiger partial charge in [-0.25, -0.2) is 13.2 Å². The largest absolute Gasteiger partial charge is 0.490 e. The molecule has 9 nitrogen and oxygen atoms in total. The van der Waals surface area contributed by atoms with E-state index in [9.17, 15) is 26.4 Å². The number of halogens is 3. The van der Waals surface area contributed by atoms with E-state index in [-0.39, 0.29) is 10.8 Å². The van der Waals surface area contributed by atoms with Crippen molar-refractivity contribution in [3.63, 3.8) is 0 Å². The Morgan fingerprint density at radius 3 is 2.28 bits per heavy atom. The number of carboxylic acid groups (broad SMARTS) is 1. The van der Waals surface area contributed by atoms with Gasteiger partial charge in [0, 0.05) is 38.3 Å². The van der Waals surface area contributed by atoms with Crippen molar-refractivity contribution in [2.45, 2.75) is 50.1 Å². The van der Waals surface area contributed by atoms with Gasteiger partial charge in [0.25, 0.3) is 15.9 Å². The van der Waals surface area contributed by atoms with E-state index in [2.05, 4.69) is 20.3 Å². The predicted octanol–water partition coefficient (Wildman–Crippen LogP) is 3.55. The van der Waals surface area contributed by atoms with Gasteiger partial charge < -0.3 is 20.6 Å². The molecule has 0 atom stereocenters. The second-order valence-corrected chi connectivity index (χ2v) is 11.0. The number of alkyl halides is 3. The molecule has 13 heteroatoms. The number of nitrogens with zero attached hydrogens (tertiary/aromatic N) is 1. The molecule has 0 radical (unpaired) electrons. The molecule has 214 valence electrons. The lowest BCUT2D eigenvalue weighted by atomic mass is 9.92. The number of carbonyl (C=O) groups excluding carboxylic acids is 1. The van der Waals surface area contributed by atoms with Gasteiger partial charge in [-0.15, -0.1) is 0 Å². The van der Waals surface area contributed by atoms with E-state index in [1.54, 1.807) is 24.3 Å². The summed E-state index contributed by atoms with van der Waals surface area (Å²) in [7, 11) is -3.79. The molecule has 1 aliphatic heterocycles. The number of aryl methyl sites for hydroxylation is 2. The van der Waals surface area contributed by atoms with Crippen molar-refractivity contribution in [1.29, 1.82) is 0 Å². The number of benzene rings is 2. The number of nitrogens with one attached hydrogen (secondary N) is 3. The van der Waals surface area contributed by atoms with Crippen LogP contribution in [0.25, 0.3) is 0 Å². The van der Waals surface area contributed by atoms with Gasteiger partial charge in [-0.05, 0) is 73.6 Å². The van der Waals surface area contributed by atoms with Gasteiger partial charge >= 0.3 is 12.1 Å². The number of anilines is 2. The molecule has 1 aliphatic carbocycles. The number of amides is 1. The lowest BCUT2D eigenvalue weighted by molar-refractivity contribution is -0.192. The first-order valence-corrected chi connectivity index (χ1v) is 14.2. The third-order valence-electron chi connectivity index (χ3n) is 6.37. The Kier molecular flexibility index (Phi) is 10.2. The molecule has 0 saturated carbocycles. The van der Waals surface area contributed by atoms with E-state index in [4.69, 9.17) is 9.90 Å². The lowest BCUT2D eigenvalue weighted by Gasteiger charge is -2.31. The van der Waals surface area contributed by atoms with E-state index >= 15 is 0 Å². The summed E-state index contributed by atoms with van der Waals surface area (Å²) in [6.45, 7) is 5.77. The van der Waals surface area contributed by atoms with Crippen LogP contribution in [0.5, 0.6) is 0 Å². The fourth-order valence-corrected chi connectivity index (χ4v) is 5.48. The number of aliphatic carboxylic acids is 1. The summed E-state index contributed by atoms with van der Waals surface area (Å²) in [6, 6.07) is 10.7. The van der Waals surface area contributed by atoms with Crippen LogP contribution in [-0.2, 0) is 27.7 Å². The van der Waals surface area contributed by atoms with Gasteiger partial charge in [-0.3, -0.25) is 9.52 Å². The Labute approximate surface area is 225 Å². The first-order chi connectivity index (χ1) is 18.4. The number of rotatable bonds is 7. The summed E-state index contributed by atoms with van der Waals surface area (Å²) in [5, 5.41) is 13.3. The molecule has 39 heavy (non-hydrogen) atoms. The van der Waals surface area contributed by atoms with Crippen molar-refractivity contribution in [3.8, 4) is 0 Å². The number of sulfonamides is 1. The second-order valence-electron chi connectivity index (χ2n) is 9.27. The fourth-order valence-electron chi connectivity index (χ4n) is 4.36. The Balaban J connectivity index is 0.000000532. The first-order valence-electron chi connectivity index (χ1n) is 12.7. The molecule has 0 bridgehead atoms. The molecular formula is C26H33F3N4O5S. The molecular weight excluding hydrogens is 537 g/mol. The third kappa shape index (κ3) is 8.33. The summed E-state index contributed by atoms with van der Waals surface area (Å²) in [5.74, 6) is -2.96. The van der Waals surface area contributed by atoms with Crippen molar-refractivity contribution in [2.75, 3.05) is 42.3 Å². The van der Waals surface area contributed by atoms with Crippen LogP contribution in [0.1, 0.15) is 47.7 Å². The molecule has 0 aromatic heterocycles. The van der Waals surface area contributed by atoms with Crippen molar-refractivity contribution < 1.29 is 36.3 Å². The highest BCUT2D eigenvalue weighted by Crippen LogP contribution is 2.31. The summed E-state index contributed by atoms with van der Waals surface area (Å²) in [6.07, 6.45) is -0.0877. The van der Waals surface area contributed by atoms with Crippen molar-refractivity contribution in [1.82, 2.24) is 10.6 Å². The average molecular weight is 571 g/mol. The van der Waals surface area contributed by atoms with Gasteiger partial charge in [0.1, 0.15) is 0 Å². The number of fused-ring (bicyclic) bond motifs is 1. The number of hydrogen-bond acceptors (Lipinski definition) is 6. The zero-order valence-electron chi connectivity index (χ0n) is 21.6. The van der Waals surface area contributed by atoms with Crippen LogP contribution in [-0.4, -0.2) is 64.3 Å². The average Bonchev–Trinajstić information content (AvgIpc) is 2.91. The smallest absolute Gasteiger partial charge is 0.475 e. The minimum Gasteiger partial charge on any atom is -0.475 e. The molecule has 0 spiro atoms. The van der Waals surface area contributed by atoms with Crippen LogP contribution in [0.4, 0.5) is 24.5 Å². The Morgan fingerprint density at radius 2 is 1.67 bits per heavy atom. The van der Waals surface area contributed by atoms with Crippen molar-refractivity contribution in [2.24, 2.45) is 0 Å². The van der Waals surface area contributed by atoms with Gasteiger partial charge in [0.15, 0.2) is 0 Å². The van der Waals surface area contributed by atoms with E-state index < -0.39 is 22.2 Å². The SMILES string of the molecule is CCCNC(=O)c1ccc(N2CCNCC2)c(NS(=O)(=O)c2ccc3c(c2)CCCC3)c1.O=C(O)C(F)(F)F. The number of piperazine rings is 1. The van der Waals surface area contributed by atoms with E-state index in [0.29, 0.717) is 17.8 Å². The highest BCUT2D eigenvalue weighted by Gasteiger charge is 2.38. The Bertz CT molecular complexity index is 1280. The summed E-state index contributed by atoms with van der Waals surface area (Å²) >= 11 is 0. The normalized spacial score (nSPS) is 15.4. The topological polar surface area (TPSA) is 128 Å². The predicted molar refractivity (Wildman–Crippen MR) is 142 cm³/mol. The quantitative estimate of drug-likeness (QED) is 0.401. The molecule has 1 fully saturated rings. The molecule has 1 amide bonds. The molecule has 1 saturated heterocycles. The van der Waals surface area contributed by atoms with E-state index in [0.717, 1.165) is 69.5 Å². The Hall–Kier alpha value is -3.32. The zero-order valence-corrected chi connectivity index (χ0v) is 22.4. The van der Waals surface area contributed by atoms with Gasteiger partial charge in [0.05, 0.1) is 16.3 Å². The highest BCUT2D eigenvalue weighted by molar-refractivity contribution is 7.92. The van der Waals surface area contributed by atoms with Crippen molar-refractivity contribution in [3.05, 3.63) is 53.1 Å². The number of carbonyl (C=O) groups is 2. The maximum atomic E-state index is 13.3. The first kappa shape index (κ1) is 30.2. The van der Waals surface area contributed by atoms with Crippen LogP contribution in [0.15, 0.2) is 41.3 Å². The van der Waals surface area contributed by atoms with E-state index in [1.165, 1.54) is 5.56 Å². The minimum absolute atomic E-state index is 0.201. The molecule has 2 aliphatic rings. The van der Waals surface area contributed by atoms with Crippen LogP contribution >= 0.6 is 0 Å². The molecule has 4 N–H and O–H groups in total. The molecule has 1 heterocycles. The highest BCUT2D eigenvalue weighted by atomic mass is 32.2. The monoisotopic (exact) mass is 570 g/mol. The maximum Gasteiger partial charge on any atom is 0.490 e. The minimum atomic E-state index is -5.08. The van der Waals surface area contributed by atoms with Crippen molar-refractivity contribution >= 4 is 33.3 Å². The van der Waals surface area contributed by atoms with E-state index in [1.807, 2.05) is 19.1 Å². The molecule has 4 rings (SSSR count). The van der Waals surface area contributed by atoms with Gasteiger partial charge in [-0.2, -0.15) is 13.2 Å². The van der Waals surface area contributed by atoms with Gasteiger partial charge in [0.2, 0.25) is 0 Å². The van der Waals surface area contributed by atoms with Gasteiger partial charge in [-0.1, -0.05) is 13.0 Å². The Morgan fingerprint density at radius 1 is 1.03 bits per heavy atom.